The van der Waals surface area contributed by atoms with Gasteiger partial charge in [-0.05, 0) is 109 Å². The minimum absolute atomic E-state index is 0.185. The van der Waals surface area contributed by atoms with Crippen LogP contribution in [0.1, 0.15) is 108 Å². The van der Waals surface area contributed by atoms with E-state index in [2.05, 4.69) is 38.3 Å². The first kappa shape index (κ1) is 47.2. The highest BCUT2D eigenvalue weighted by atomic mass is 16.5. The summed E-state index contributed by atoms with van der Waals surface area (Å²) in [6, 6.07) is 29.6. The van der Waals surface area contributed by atoms with E-state index in [1.165, 1.54) is 14.2 Å². The van der Waals surface area contributed by atoms with Gasteiger partial charge in [-0.3, -0.25) is 9.59 Å². The van der Waals surface area contributed by atoms with E-state index in [0.29, 0.717) is 71.1 Å². The zero-order valence-corrected chi connectivity index (χ0v) is 37.4. The molecule has 0 heterocycles. The van der Waals surface area contributed by atoms with Gasteiger partial charge in [0, 0.05) is 0 Å². The van der Waals surface area contributed by atoms with Crippen molar-refractivity contribution >= 4 is 35.1 Å². The van der Waals surface area contributed by atoms with Crippen molar-refractivity contribution in [3.8, 4) is 34.1 Å². The molecule has 2 unspecified atom stereocenters. The van der Waals surface area contributed by atoms with Crippen molar-refractivity contribution in [2.75, 3.05) is 38.1 Å². The predicted octanol–water partition coefficient (Wildman–Crippen LogP) is 11.0. The molecule has 0 aliphatic carbocycles. The highest BCUT2D eigenvalue weighted by Crippen LogP contribution is 2.35. The minimum atomic E-state index is -0.538. The number of ether oxygens (including phenoxy) is 6. The first-order valence-corrected chi connectivity index (χ1v) is 21.3. The summed E-state index contributed by atoms with van der Waals surface area (Å²) >= 11 is 0. The number of benzene rings is 5. The number of hydrogen-bond acceptors (Lipinski definition) is 10. The molecule has 5 aromatic carbocycles. The third-order valence-corrected chi connectivity index (χ3v) is 10.4. The van der Waals surface area contributed by atoms with Crippen LogP contribution in [-0.2, 0) is 16.1 Å². The quantitative estimate of drug-likeness (QED) is 0.0683. The van der Waals surface area contributed by atoms with Crippen LogP contribution in [0.15, 0.2) is 103 Å². The summed E-state index contributed by atoms with van der Waals surface area (Å²) in [5.41, 5.74) is 4.24. The fourth-order valence-corrected chi connectivity index (χ4v) is 6.14. The number of rotatable bonds is 21. The van der Waals surface area contributed by atoms with E-state index in [0.717, 1.165) is 29.5 Å². The lowest BCUT2D eigenvalue weighted by Gasteiger charge is -2.19. The van der Waals surface area contributed by atoms with Gasteiger partial charge in [0.1, 0.15) is 29.6 Å². The monoisotopic (exact) mass is 858 g/mol. The van der Waals surface area contributed by atoms with Crippen LogP contribution in [-0.4, -0.2) is 57.3 Å². The second kappa shape index (κ2) is 22.9. The lowest BCUT2D eigenvalue weighted by atomic mass is 10.00. The van der Waals surface area contributed by atoms with Gasteiger partial charge in [-0.1, -0.05) is 83.5 Å². The number of carbonyl (C=O) groups is 4. The van der Waals surface area contributed by atoms with E-state index < -0.39 is 23.8 Å². The van der Waals surface area contributed by atoms with Gasteiger partial charge in [0.25, 0.3) is 11.8 Å². The Bertz CT molecular complexity index is 2360. The van der Waals surface area contributed by atoms with E-state index >= 15 is 0 Å². The molecule has 12 heteroatoms. The molecule has 0 aliphatic rings. The fourth-order valence-electron chi connectivity index (χ4n) is 6.14. The van der Waals surface area contributed by atoms with E-state index in [9.17, 15) is 19.2 Å². The highest BCUT2D eigenvalue weighted by molar-refractivity contribution is 6.09. The molecule has 2 N–H and O–H groups in total. The summed E-state index contributed by atoms with van der Waals surface area (Å²) in [7, 11) is 2.61. The average molecular weight is 859 g/mol. The van der Waals surface area contributed by atoms with Crippen molar-refractivity contribution in [1.82, 2.24) is 0 Å². The Balaban J connectivity index is 1.48. The standard InChI is InChI=1S/C51H58N2O10/c1-9-33(5)30-61-45-27-37(17-21-41(45)49(55)52-42-22-18-38(50(56)58-7)28-46(42)62-31-35-14-12-11-13-15-35)36-16-20-40(44(26-36)60-25-24-32(3)4)48(54)53-43-23-19-39(51(57)59-8)29-47(43)63-34(6)10-2/h11-23,26-29,32-34H,9-10,24-25,30-31H2,1-8H3,(H,52,55)(H,53,54). The summed E-state index contributed by atoms with van der Waals surface area (Å²) in [4.78, 5) is 52.9. The summed E-state index contributed by atoms with van der Waals surface area (Å²) in [6.45, 7) is 13.2. The molecule has 0 saturated heterocycles. The molecule has 5 aromatic rings. The maximum absolute atomic E-state index is 14.1. The Morgan fingerprint density at radius 3 is 1.63 bits per heavy atom. The van der Waals surface area contributed by atoms with Crippen LogP contribution >= 0.6 is 0 Å². The Hall–Kier alpha value is -6.82. The molecule has 0 aliphatic heterocycles. The van der Waals surface area contributed by atoms with Gasteiger partial charge in [0.2, 0.25) is 0 Å². The first-order valence-electron chi connectivity index (χ1n) is 21.3. The molecular weight excluding hydrogens is 801 g/mol. The first-order chi connectivity index (χ1) is 30.3. The lowest BCUT2D eigenvalue weighted by Crippen LogP contribution is -2.17. The lowest BCUT2D eigenvalue weighted by molar-refractivity contribution is 0.0591. The molecule has 5 rings (SSSR count). The third kappa shape index (κ3) is 13.1. The van der Waals surface area contributed by atoms with Crippen LogP contribution in [0, 0.1) is 11.8 Å². The summed E-state index contributed by atoms with van der Waals surface area (Å²) in [6.07, 6.45) is 2.15. The number of nitrogens with one attached hydrogen (secondary N) is 2. The van der Waals surface area contributed by atoms with Crippen molar-refractivity contribution in [2.45, 2.75) is 73.5 Å². The van der Waals surface area contributed by atoms with Crippen LogP contribution in [0.5, 0.6) is 23.0 Å². The van der Waals surface area contributed by atoms with E-state index in [1.807, 2.05) is 56.3 Å². The van der Waals surface area contributed by atoms with Crippen LogP contribution in [0.4, 0.5) is 11.4 Å². The predicted molar refractivity (Wildman–Crippen MR) is 244 cm³/mol. The Kier molecular flexibility index (Phi) is 17.1. The smallest absolute Gasteiger partial charge is 0.337 e. The molecule has 0 radical (unpaired) electrons. The summed E-state index contributed by atoms with van der Waals surface area (Å²) < 4.78 is 34.7. The largest absolute Gasteiger partial charge is 0.493 e. The molecule has 0 aromatic heterocycles. The zero-order valence-electron chi connectivity index (χ0n) is 37.4. The molecule has 332 valence electrons. The van der Waals surface area contributed by atoms with E-state index in [4.69, 9.17) is 28.4 Å². The molecule has 2 amide bonds. The molecule has 0 fully saturated rings. The SMILES string of the molecule is CCC(C)COc1cc(-c2ccc(C(=O)Nc3ccc(C(=O)OC)cc3OC(C)CC)c(OCCC(C)C)c2)ccc1C(=O)Nc1ccc(C(=O)OC)cc1OCc1ccccc1. The maximum atomic E-state index is 14.1. The van der Waals surface area contributed by atoms with Crippen molar-refractivity contribution in [3.05, 3.63) is 131 Å². The van der Waals surface area contributed by atoms with Gasteiger partial charge in [-0.2, -0.15) is 0 Å². The molecule has 12 nitrogen and oxygen atoms in total. The van der Waals surface area contributed by atoms with Crippen LogP contribution in [0.3, 0.4) is 0 Å². The van der Waals surface area contributed by atoms with Crippen LogP contribution in [0.25, 0.3) is 11.1 Å². The Morgan fingerprint density at radius 2 is 1.11 bits per heavy atom. The van der Waals surface area contributed by atoms with Crippen molar-refractivity contribution < 1.29 is 47.6 Å². The second-order valence-corrected chi connectivity index (χ2v) is 15.7. The van der Waals surface area contributed by atoms with Crippen LogP contribution < -0.4 is 29.6 Å². The minimum Gasteiger partial charge on any atom is -0.493 e. The molecule has 0 bridgehead atoms. The normalized spacial score (nSPS) is 11.8. The molecular formula is C51H58N2O10. The van der Waals surface area contributed by atoms with Crippen molar-refractivity contribution in [2.24, 2.45) is 11.8 Å². The summed E-state index contributed by atoms with van der Waals surface area (Å²) in [5.74, 6) is -0.0216. The topological polar surface area (TPSA) is 148 Å². The van der Waals surface area contributed by atoms with Gasteiger partial charge in [0.15, 0.2) is 0 Å². The number of methoxy groups -OCH3 is 2. The molecule has 63 heavy (non-hydrogen) atoms. The van der Waals surface area contributed by atoms with Gasteiger partial charge in [-0.25, -0.2) is 9.59 Å². The maximum Gasteiger partial charge on any atom is 0.337 e. The number of esters is 2. The summed E-state index contributed by atoms with van der Waals surface area (Å²) in [5, 5.41) is 5.93. The van der Waals surface area contributed by atoms with Gasteiger partial charge in [0.05, 0.1) is 67.2 Å². The number of anilines is 2. The van der Waals surface area contributed by atoms with Crippen molar-refractivity contribution in [3.63, 3.8) is 0 Å². The number of carbonyl (C=O) groups excluding carboxylic acids is 4. The van der Waals surface area contributed by atoms with Crippen LogP contribution in [0.2, 0.25) is 0 Å². The zero-order chi connectivity index (χ0) is 45.5. The number of amides is 2. The molecule has 0 spiro atoms. The third-order valence-electron chi connectivity index (χ3n) is 10.4. The van der Waals surface area contributed by atoms with Gasteiger partial charge >= 0.3 is 11.9 Å². The average Bonchev–Trinajstić information content (AvgIpc) is 3.30. The van der Waals surface area contributed by atoms with Crippen molar-refractivity contribution in [1.29, 1.82) is 0 Å². The Morgan fingerprint density at radius 1 is 0.571 bits per heavy atom. The number of hydrogen-bond donors (Lipinski definition) is 2. The molecule has 2 atom stereocenters. The second-order valence-electron chi connectivity index (χ2n) is 15.7. The highest BCUT2D eigenvalue weighted by Gasteiger charge is 2.22. The van der Waals surface area contributed by atoms with Gasteiger partial charge in [-0.15, -0.1) is 0 Å². The van der Waals surface area contributed by atoms with Gasteiger partial charge < -0.3 is 39.1 Å². The van der Waals surface area contributed by atoms with E-state index in [1.54, 1.807) is 60.7 Å². The van der Waals surface area contributed by atoms with E-state index in [-0.39, 0.29) is 29.8 Å². The Labute approximate surface area is 370 Å². The fraction of sp³-hybridized carbons (Fsp3) is 0.333. The molecule has 0 saturated carbocycles.